The second kappa shape index (κ2) is 11.1. The molecule has 1 aliphatic heterocycles. The van der Waals surface area contributed by atoms with Crippen LogP contribution < -0.4 is 5.32 Å². The molecule has 1 fully saturated rings. The van der Waals surface area contributed by atoms with Gasteiger partial charge in [-0.25, -0.2) is 9.59 Å². The maximum Gasteiger partial charge on any atom is 0.407 e. The van der Waals surface area contributed by atoms with Crippen LogP contribution in [-0.4, -0.2) is 53.7 Å². The molecule has 0 aromatic heterocycles. The Labute approximate surface area is 222 Å². The van der Waals surface area contributed by atoms with Gasteiger partial charge in [0.15, 0.2) is 0 Å². The fourth-order valence-corrected chi connectivity index (χ4v) is 5.67. The van der Waals surface area contributed by atoms with Gasteiger partial charge in [-0.2, -0.15) is 0 Å². The van der Waals surface area contributed by atoms with Gasteiger partial charge in [0.25, 0.3) is 0 Å². The van der Waals surface area contributed by atoms with Crippen molar-refractivity contribution in [1.29, 1.82) is 0 Å². The van der Waals surface area contributed by atoms with Gasteiger partial charge in [0, 0.05) is 32.4 Å². The number of hydrogen-bond donors (Lipinski definition) is 2. The van der Waals surface area contributed by atoms with Crippen molar-refractivity contribution in [2.45, 2.75) is 44.1 Å². The number of piperidine rings is 1. The van der Waals surface area contributed by atoms with E-state index in [2.05, 4.69) is 17.4 Å². The number of carboxylic acids is 1. The van der Waals surface area contributed by atoms with Crippen molar-refractivity contribution in [3.05, 3.63) is 95.1 Å². The summed E-state index contributed by atoms with van der Waals surface area (Å²) in [5.41, 5.74) is 6.48. The largest absolute Gasteiger partial charge is 0.480 e. The third-order valence-corrected chi connectivity index (χ3v) is 7.77. The molecule has 0 bridgehead atoms. The third kappa shape index (κ3) is 5.42. The van der Waals surface area contributed by atoms with Gasteiger partial charge in [-0.15, -0.1) is 0 Å². The summed E-state index contributed by atoms with van der Waals surface area (Å²) in [5.74, 6) is -0.707. The Kier molecular flexibility index (Phi) is 7.45. The summed E-state index contributed by atoms with van der Waals surface area (Å²) in [6, 6.07) is 22.9. The van der Waals surface area contributed by atoms with E-state index in [-0.39, 0.29) is 24.9 Å². The molecule has 5 rings (SSSR count). The number of carboxylic acid groups (broad SMARTS) is 1. The summed E-state index contributed by atoms with van der Waals surface area (Å²) in [4.78, 5) is 38.0. The minimum atomic E-state index is -1.11. The lowest BCUT2D eigenvalue weighted by Gasteiger charge is -2.31. The van der Waals surface area contributed by atoms with Crippen LogP contribution in [0.4, 0.5) is 4.79 Å². The zero-order valence-corrected chi connectivity index (χ0v) is 21.4. The summed E-state index contributed by atoms with van der Waals surface area (Å²) >= 11 is 0. The van der Waals surface area contributed by atoms with E-state index in [0.29, 0.717) is 5.92 Å². The molecule has 1 atom stereocenters. The van der Waals surface area contributed by atoms with Gasteiger partial charge in [-0.1, -0.05) is 72.8 Å². The van der Waals surface area contributed by atoms with Crippen molar-refractivity contribution < 1.29 is 24.2 Å². The first-order chi connectivity index (χ1) is 18.4. The van der Waals surface area contributed by atoms with E-state index < -0.39 is 18.1 Å². The van der Waals surface area contributed by atoms with Gasteiger partial charge in [-0.3, -0.25) is 4.79 Å². The van der Waals surface area contributed by atoms with Crippen LogP contribution in [0.3, 0.4) is 0 Å². The molecule has 3 aromatic rings. The highest BCUT2D eigenvalue weighted by molar-refractivity contribution is 5.81. The van der Waals surface area contributed by atoms with Crippen LogP contribution in [0.5, 0.6) is 0 Å². The molecular formula is C31H32N2O5. The molecule has 0 radical (unpaired) electrons. The monoisotopic (exact) mass is 512 g/mol. The maximum absolute atomic E-state index is 12.6. The second-order valence-electron chi connectivity index (χ2n) is 10.1. The summed E-state index contributed by atoms with van der Waals surface area (Å²) < 4.78 is 5.54. The fourth-order valence-electron chi connectivity index (χ4n) is 5.67. The van der Waals surface area contributed by atoms with Crippen molar-refractivity contribution in [2.24, 2.45) is 0 Å². The number of benzene rings is 3. The Morgan fingerprint density at radius 2 is 1.50 bits per heavy atom. The van der Waals surface area contributed by atoms with Gasteiger partial charge >= 0.3 is 12.1 Å². The minimum Gasteiger partial charge on any atom is -0.480 e. The van der Waals surface area contributed by atoms with Crippen LogP contribution in [0.1, 0.15) is 53.9 Å². The highest BCUT2D eigenvalue weighted by Gasteiger charge is 2.30. The number of nitrogens with one attached hydrogen (secondary N) is 1. The van der Waals surface area contributed by atoms with Gasteiger partial charge in [0.2, 0.25) is 5.91 Å². The lowest BCUT2D eigenvalue weighted by molar-refractivity contribution is -0.139. The first kappa shape index (κ1) is 25.5. The van der Waals surface area contributed by atoms with Crippen molar-refractivity contribution in [2.75, 3.05) is 19.7 Å². The number of likely N-dealkylation sites (tertiary alicyclic amines) is 1. The maximum atomic E-state index is 12.6. The summed E-state index contributed by atoms with van der Waals surface area (Å²) in [5, 5.41) is 12.3. The molecule has 2 N–H and O–H groups in total. The number of nitrogens with zero attached hydrogens (tertiary/aromatic N) is 1. The zero-order valence-electron chi connectivity index (χ0n) is 21.4. The van der Waals surface area contributed by atoms with Crippen LogP contribution in [0.25, 0.3) is 11.1 Å². The number of rotatable bonds is 7. The van der Waals surface area contributed by atoms with E-state index >= 15 is 0 Å². The molecule has 2 amide bonds. The van der Waals surface area contributed by atoms with Crippen molar-refractivity contribution in [3.63, 3.8) is 0 Å². The summed E-state index contributed by atoms with van der Waals surface area (Å²) in [7, 11) is 0. The van der Waals surface area contributed by atoms with Gasteiger partial charge in [-0.05, 0) is 52.1 Å². The topological polar surface area (TPSA) is 95.9 Å². The predicted molar refractivity (Wildman–Crippen MR) is 144 cm³/mol. The molecule has 0 saturated carbocycles. The quantitative estimate of drug-likeness (QED) is 0.467. The van der Waals surface area contributed by atoms with Crippen molar-refractivity contribution in [3.8, 4) is 11.1 Å². The first-order valence-corrected chi connectivity index (χ1v) is 13.1. The molecule has 3 aromatic carbocycles. The van der Waals surface area contributed by atoms with Gasteiger partial charge in [0.05, 0.1) is 0 Å². The number of ether oxygens (including phenoxy) is 1. The number of fused-ring (bicyclic) bond motifs is 3. The normalized spacial score (nSPS) is 15.9. The van der Waals surface area contributed by atoms with E-state index in [1.165, 1.54) is 5.56 Å². The molecule has 1 heterocycles. The van der Waals surface area contributed by atoms with E-state index in [1.54, 1.807) is 6.92 Å². The molecule has 38 heavy (non-hydrogen) atoms. The van der Waals surface area contributed by atoms with E-state index in [1.807, 2.05) is 65.6 Å². The van der Waals surface area contributed by atoms with Crippen molar-refractivity contribution >= 4 is 18.0 Å². The number of alkyl carbamates (subject to hydrolysis) is 1. The fraction of sp³-hybridized carbons (Fsp3) is 0.323. The first-order valence-electron chi connectivity index (χ1n) is 13.1. The minimum absolute atomic E-state index is 0.0914. The Hall–Kier alpha value is -4.13. The number of hydrogen-bond acceptors (Lipinski definition) is 4. The summed E-state index contributed by atoms with van der Waals surface area (Å²) in [6.45, 7) is 3.24. The molecule has 2 aliphatic rings. The molecule has 7 nitrogen and oxygen atoms in total. The SMILES string of the molecule is CC(=O)N1CCC(c2ccc(CC(NC(=O)OCC3c4ccccc4-c4ccccc43)C(=O)O)cc2)CC1. The average Bonchev–Trinajstić information content (AvgIpc) is 3.25. The van der Waals surface area contributed by atoms with Gasteiger partial charge < -0.3 is 20.1 Å². The van der Waals surface area contributed by atoms with Crippen LogP contribution in [-0.2, 0) is 20.7 Å². The van der Waals surface area contributed by atoms with E-state index in [0.717, 1.165) is 53.7 Å². The Bertz CT molecular complexity index is 1280. The molecular weight excluding hydrogens is 480 g/mol. The number of amides is 2. The number of carbonyl (C=O) groups is 3. The molecule has 1 unspecified atom stereocenters. The highest BCUT2D eigenvalue weighted by Crippen LogP contribution is 2.44. The molecule has 0 spiro atoms. The molecule has 1 aliphatic carbocycles. The Balaban J connectivity index is 1.17. The average molecular weight is 513 g/mol. The lowest BCUT2D eigenvalue weighted by Crippen LogP contribution is -2.42. The van der Waals surface area contributed by atoms with E-state index in [4.69, 9.17) is 4.74 Å². The van der Waals surface area contributed by atoms with Crippen molar-refractivity contribution in [1.82, 2.24) is 10.2 Å². The second-order valence-corrected chi connectivity index (χ2v) is 10.1. The standard InChI is InChI=1S/C31H32N2O5/c1-20(34)33-16-14-23(15-17-33)22-12-10-21(11-13-22)18-29(30(35)36)32-31(37)38-19-28-26-8-4-2-6-24(26)25-7-3-5-9-27(25)28/h2-13,23,28-29H,14-19H2,1H3,(H,32,37)(H,35,36). The number of carbonyl (C=O) groups excluding carboxylic acids is 2. The highest BCUT2D eigenvalue weighted by atomic mass is 16.5. The van der Waals surface area contributed by atoms with Crippen LogP contribution in [0.2, 0.25) is 0 Å². The molecule has 1 saturated heterocycles. The predicted octanol–water partition coefficient (Wildman–Crippen LogP) is 4.95. The zero-order chi connectivity index (χ0) is 26.6. The van der Waals surface area contributed by atoms with Crippen LogP contribution >= 0.6 is 0 Å². The lowest BCUT2D eigenvalue weighted by atomic mass is 9.88. The Morgan fingerprint density at radius 3 is 2.05 bits per heavy atom. The van der Waals surface area contributed by atoms with Crippen LogP contribution in [0, 0.1) is 0 Å². The van der Waals surface area contributed by atoms with Gasteiger partial charge in [0.1, 0.15) is 12.6 Å². The Morgan fingerprint density at radius 1 is 0.921 bits per heavy atom. The third-order valence-electron chi connectivity index (χ3n) is 7.77. The molecule has 7 heteroatoms. The number of aliphatic carboxylic acids is 1. The smallest absolute Gasteiger partial charge is 0.407 e. The summed E-state index contributed by atoms with van der Waals surface area (Å²) in [6.07, 6.45) is 1.25. The van der Waals surface area contributed by atoms with E-state index in [9.17, 15) is 19.5 Å². The van der Waals surface area contributed by atoms with Crippen LogP contribution in [0.15, 0.2) is 72.8 Å². The molecule has 196 valence electrons.